The van der Waals surface area contributed by atoms with Crippen LogP contribution in [0.3, 0.4) is 0 Å². The van der Waals surface area contributed by atoms with Gasteiger partial charge in [-0.2, -0.15) is 0 Å². The van der Waals surface area contributed by atoms with E-state index in [1.165, 1.54) is 5.56 Å². The van der Waals surface area contributed by atoms with E-state index in [0.29, 0.717) is 5.92 Å². The first kappa shape index (κ1) is 9.53. The van der Waals surface area contributed by atoms with Crippen molar-refractivity contribution in [1.29, 1.82) is 0 Å². The zero-order valence-corrected chi connectivity index (χ0v) is 8.53. The quantitative estimate of drug-likeness (QED) is 0.728. The second-order valence-corrected chi connectivity index (χ2v) is 3.72. The smallest absolute Gasteiger partial charge is 0.119 e. The molecule has 0 aliphatic carbocycles. The molecule has 1 aliphatic heterocycles. The summed E-state index contributed by atoms with van der Waals surface area (Å²) in [6.07, 6.45) is 1.06. The van der Waals surface area contributed by atoms with Crippen LogP contribution in [0.2, 0.25) is 0 Å². The Kier molecular flexibility index (Phi) is 3.04. The molecule has 2 nitrogen and oxygen atoms in total. The van der Waals surface area contributed by atoms with Gasteiger partial charge >= 0.3 is 0 Å². The highest BCUT2D eigenvalue weighted by molar-refractivity contribution is 5.28. The van der Waals surface area contributed by atoms with Crippen LogP contribution in [0, 0.1) is 5.92 Å². The largest absolute Gasteiger partial charge is 0.493 e. The Hall–Kier alpha value is -1.02. The first-order chi connectivity index (χ1) is 6.88. The molecule has 0 saturated carbocycles. The first-order valence-electron chi connectivity index (χ1n) is 5.18. The summed E-state index contributed by atoms with van der Waals surface area (Å²) < 4.78 is 10.8. The van der Waals surface area contributed by atoms with Gasteiger partial charge in [0, 0.05) is 5.92 Å². The predicted octanol–water partition coefficient (Wildman–Crippen LogP) is 2.27. The van der Waals surface area contributed by atoms with Gasteiger partial charge in [-0.1, -0.05) is 19.1 Å². The minimum absolute atomic E-state index is 0.597. The molecule has 1 aromatic carbocycles. The lowest BCUT2D eigenvalue weighted by molar-refractivity contribution is -0.0508. The number of ether oxygens (including phenoxy) is 2. The highest BCUT2D eigenvalue weighted by atomic mass is 16.5. The molecule has 1 aliphatic rings. The third-order valence-electron chi connectivity index (χ3n) is 2.50. The average molecular weight is 192 g/mol. The molecule has 1 fully saturated rings. The highest BCUT2D eigenvalue weighted by Gasteiger charge is 2.18. The SMILES string of the molecule is CCc1cccc(OCC2COC2)c1. The molecule has 0 atom stereocenters. The summed E-state index contributed by atoms with van der Waals surface area (Å²) in [5.41, 5.74) is 1.33. The topological polar surface area (TPSA) is 18.5 Å². The molecule has 0 radical (unpaired) electrons. The fourth-order valence-electron chi connectivity index (χ4n) is 1.45. The van der Waals surface area contributed by atoms with E-state index in [2.05, 4.69) is 19.1 Å². The summed E-state index contributed by atoms with van der Waals surface area (Å²) >= 11 is 0. The molecule has 0 N–H and O–H groups in total. The van der Waals surface area contributed by atoms with Crippen LogP contribution >= 0.6 is 0 Å². The molecular formula is C12H16O2. The van der Waals surface area contributed by atoms with Gasteiger partial charge < -0.3 is 9.47 Å². The molecule has 1 saturated heterocycles. The number of aryl methyl sites for hydroxylation is 1. The van der Waals surface area contributed by atoms with Crippen LogP contribution in [0.25, 0.3) is 0 Å². The Labute approximate surface area is 84.8 Å². The van der Waals surface area contributed by atoms with Crippen molar-refractivity contribution in [2.45, 2.75) is 13.3 Å². The van der Waals surface area contributed by atoms with E-state index in [-0.39, 0.29) is 0 Å². The summed E-state index contributed by atoms with van der Waals surface area (Å²) in [6.45, 7) is 4.65. The van der Waals surface area contributed by atoms with E-state index in [1.54, 1.807) is 0 Å². The van der Waals surface area contributed by atoms with Gasteiger partial charge in [0.1, 0.15) is 5.75 Å². The van der Waals surface area contributed by atoms with Gasteiger partial charge in [0.2, 0.25) is 0 Å². The maximum atomic E-state index is 5.67. The Morgan fingerprint density at radius 1 is 1.43 bits per heavy atom. The molecule has 2 rings (SSSR count). The molecule has 0 spiro atoms. The summed E-state index contributed by atoms with van der Waals surface area (Å²) in [6, 6.07) is 8.29. The lowest BCUT2D eigenvalue weighted by Gasteiger charge is -2.25. The zero-order chi connectivity index (χ0) is 9.80. The van der Waals surface area contributed by atoms with Crippen LogP contribution < -0.4 is 4.74 Å². The Morgan fingerprint density at radius 2 is 2.29 bits per heavy atom. The van der Waals surface area contributed by atoms with Crippen molar-refractivity contribution in [3.8, 4) is 5.75 Å². The molecule has 76 valence electrons. The minimum Gasteiger partial charge on any atom is -0.493 e. The lowest BCUT2D eigenvalue weighted by atomic mass is 10.1. The first-order valence-corrected chi connectivity index (χ1v) is 5.18. The third kappa shape index (κ3) is 2.26. The summed E-state index contributed by atoms with van der Waals surface area (Å²) in [7, 11) is 0. The van der Waals surface area contributed by atoms with Crippen molar-refractivity contribution < 1.29 is 9.47 Å². The lowest BCUT2D eigenvalue weighted by Crippen LogP contribution is -2.32. The molecular weight excluding hydrogens is 176 g/mol. The van der Waals surface area contributed by atoms with Gasteiger partial charge in [-0.05, 0) is 24.1 Å². The summed E-state index contributed by atoms with van der Waals surface area (Å²) in [5, 5.41) is 0. The minimum atomic E-state index is 0.597. The van der Waals surface area contributed by atoms with Crippen LogP contribution in [0.1, 0.15) is 12.5 Å². The second kappa shape index (κ2) is 4.47. The fraction of sp³-hybridized carbons (Fsp3) is 0.500. The van der Waals surface area contributed by atoms with Gasteiger partial charge in [0.15, 0.2) is 0 Å². The maximum absolute atomic E-state index is 5.67. The van der Waals surface area contributed by atoms with Crippen LogP contribution in [-0.2, 0) is 11.2 Å². The standard InChI is InChI=1S/C12H16O2/c1-2-10-4-3-5-12(6-10)14-9-11-7-13-8-11/h3-6,11H,2,7-9H2,1H3. The van der Waals surface area contributed by atoms with Crippen molar-refractivity contribution in [3.63, 3.8) is 0 Å². The van der Waals surface area contributed by atoms with E-state index in [0.717, 1.165) is 32.0 Å². The molecule has 0 bridgehead atoms. The van der Waals surface area contributed by atoms with Crippen molar-refractivity contribution in [1.82, 2.24) is 0 Å². The monoisotopic (exact) mass is 192 g/mol. The van der Waals surface area contributed by atoms with E-state index < -0.39 is 0 Å². The number of hydrogen-bond acceptors (Lipinski definition) is 2. The fourth-order valence-corrected chi connectivity index (χ4v) is 1.45. The predicted molar refractivity (Wildman–Crippen MR) is 55.6 cm³/mol. The maximum Gasteiger partial charge on any atom is 0.119 e. The van der Waals surface area contributed by atoms with Crippen LogP contribution in [0.5, 0.6) is 5.75 Å². The molecule has 1 aromatic rings. The van der Waals surface area contributed by atoms with Crippen LogP contribution in [0.4, 0.5) is 0 Å². The third-order valence-corrected chi connectivity index (χ3v) is 2.50. The molecule has 0 aromatic heterocycles. The molecule has 1 heterocycles. The van der Waals surface area contributed by atoms with Crippen LogP contribution in [0.15, 0.2) is 24.3 Å². The molecule has 2 heteroatoms. The molecule has 0 amide bonds. The van der Waals surface area contributed by atoms with Gasteiger partial charge in [0.25, 0.3) is 0 Å². The van der Waals surface area contributed by atoms with Crippen LogP contribution in [-0.4, -0.2) is 19.8 Å². The van der Waals surface area contributed by atoms with Crippen molar-refractivity contribution >= 4 is 0 Å². The van der Waals surface area contributed by atoms with E-state index in [9.17, 15) is 0 Å². The van der Waals surface area contributed by atoms with E-state index in [4.69, 9.17) is 9.47 Å². The Morgan fingerprint density at radius 3 is 2.93 bits per heavy atom. The number of benzene rings is 1. The molecule has 14 heavy (non-hydrogen) atoms. The van der Waals surface area contributed by atoms with Gasteiger partial charge in [-0.15, -0.1) is 0 Å². The van der Waals surface area contributed by atoms with Crippen molar-refractivity contribution in [2.24, 2.45) is 5.92 Å². The van der Waals surface area contributed by atoms with Crippen molar-refractivity contribution in [3.05, 3.63) is 29.8 Å². The summed E-state index contributed by atoms with van der Waals surface area (Å²) in [4.78, 5) is 0. The van der Waals surface area contributed by atoms with E-state index in [1.807, 2.05) is 12.1 Å². The Bertz CT molecular complexity index is 292. The highest BCUT2D eigenvalue weighted by Crippen LogP contribution is 2.16. The summed E-state index contributed by atoms with van der Waals surface area (Å²) in [5.74, 6) is 1.58. The molecule has 0 unspecified atom stereocenters. The average Bonchev–Trinajstić information content (AvgIpc) is 2.16. The van der Waals surface area contributed by atoms with Gasteiger partial charge in [0.05, 0.1) is 19.8 Å². The van der Waals surface area contributed by atoms with Gasteiger partial charge in [-0.3, -0.25) is 0 Å². The number of hydrogen-bond donors (Lipinski definition) is 0. The normalized spacial score (nSPS) is 16.4. The Balaban J connectivity index is 1.87. The number of rotatable bonds is 4. The van der Waals surface area contributed by atoms with E-state index >= 15 is 0 Å². The second-order valence-electron chi connectivity index (χ2n) is 3.72. The van der Waals surface area contributed by atoms with Crippen molar-refractivity contribution in [2.75, 3.05) is 19.8 Å². The van der Waals surface area contributed by atoms with Gasteiger partial charge in [-0.25, -0.2) is 0 Å². The zero-order valence-electron chi connectivity index (χ0n) is 8.53.